The van der Waals surface area contributed by atoms with Crippen LogP contribution >= 0.6 is 11.6 Å². The molecule has 0 saturated carbocycles. The van der Waals surface area contributed by atoms with Gasteiger partial charge in [0.2, 0.25) is 5.60 Å². The lowest BCUT2D eigenvalue weighted by Gasteiger charge is -2.55. The molecule has 7 heteroatoms. The van der Waals surface area contributed by atoms with Gasteiger partial charge in [0.15, 0.2) is 11.6 Å². The third-order valence-corrected chi connectivity index (χ3v) is 12.5. The molecular weight excluding hydrogens is 642 g/mol. The van der Waals surface area contributed by atoms with E-state index in [0.717, 1.165) is 44.2 Å². The zero-order valence-corrected chi connectivity index (χ0v) is 29.4. The first-order chi connectivity index (χ1) is 24.1. The van der Waals surface area contributed by atoms with Crippen molar-refractivity contribution in [2.45, 2.75) is 36.8 Å². The van der Waals surface area contributed by atoms with E-state index in [9.17, 15) is 0 Å². The molecule has 3 heterocycles. The number of Topliss-reactive ketones (excluding diaryl/α,β-unsaturated/α-hetero) is 2. The number of rotatable bonds is 3. The predicted octanol–water partition coefficient (Wildman–Crippen LogP) is 7.69. The molecule has 0 radical (unpaired) electrons. The second kappa shape index (κ2) is 10.9. The normalized spacial score (nSPS) is 29.1. The molecule has 5 aromatic rings. The highest BCUT2D eigenvalue weighted by Crippen LogP contribution is 2.67. The Morgan fingerprint density at radius 2 is 1.44 bits per heavy atom. The second-order valence-electron chi connectivity index (χ2n) is 14.8. The maximum absolute atomic E-state index is 16.6. The van der Waals surface area contributed by atoms with E-state index in [2.05, 4.69) is 73.2 Å². The first-order valence-corrected chi connectivity index (χ1v) is 17.7. The SMILES string of the molecule is Cc1ccccc1[C@H]1C(c2ccc(Cl)cc2)=NOC12CN(C)C[C@@]1(C2=O)[C@@H](c2ccccc2C)CN(C)[C@@]12C(=O)c1cccc3cccc2c13. The Morgan fingerprint density at radius 1 is 0.780 bits per heavy atom. The summed E-state index contributed by atoms with van der Waals surface area (Å²) in [5, 5.41) is 7.38. The molecule has 1 unspecified atom stereocenters. The molecule has 3 spiro atoms. The monoisotopic (exact) mass is 679 g/mol. The first kappa shape index (κ1) is 31.4. The van der Waals surface area contributed by atoms with Crippen LogP contribution in [0, 0.1) is 19.3 Å². The van der Waals surface area contributed by atoms with Crippen molar-refractivity contribution in [2.24, 2.45) is 10.6 Å². The average Bonchev–Trinajstić information content (AvgIpc) is 3.70. The van der Waals surface area contributed by atoms with Gasteiger partial charge in [0.25, 0.3) is 0 Å². The topological polar surface area (TPSA) is 62.2 Å². The molecule has 4 aliphatic rings. The quantitative estimate of drug-likeness (QED) is 0.196. The molecule has 2 saturated heterocycles. The highest BCUT2D eigenvalue weighted by molar-refractivity contribution is 6.30. The number of likely N-dealkylation sites (tertiary alicyclic amines) is 2. The van der Waals surface area contributed by atoms with Gasteiger partial charge in [-0.25, -0.2) is 0 Å². The highest BCUT2D eigenvalue weighted by atomic mass is 35.5. The summed E-state index contributed by atoms with van der Waals surface area (Å²) < 4.78 is 0. The maximum Gasteiger partial charge on any atom is 0.220 e. The fraction of sp³-hybridized carbons (Fsp3) is 0.279. The van der Waals surface area contributed by atoms with Gasteiger partial charge in [0.1, 0.15) is 5.54 Å². The Hall–Kier alpha value is -4.62. The van der Waals surface area contributed by atoms with Gasteiger partial charge in [-0.15, -0.1) is 0 Å². The van der Waals surface area contributed by atoms with E-state index in [1.807, 2.05) is 73.8 Å². The van der Waals surface area contributed by atoms with Crippen LogP contribution in [-0.2, 0) is 15.2 Å². The van der Waals surface area contributed by atoms with Gasteiger partial charge >= 0.3 is 0 Å². The van der Waals surface area contributed by atoms with Crippen molar-refractivity contribution in [3.05, 3.63) is 153 Å². The van der Waals surface area contributed by atoms with Gasteiger partial charge in [0, 0.05) is 41.7 Å². The standard InChI is InChI=1S/C43H38ClN3O3/c1-26-11-5-7-15-31(26)35-23-47(4)43(34-18-10-14-28-13-9-17-33(36(28)34)39(43)48)41(35)24-46(3)25-42(40(41)49)37(32-16-8-6-12-27(32)2)38(45-50-42)29-19-21-30(44)22-20-29/h5-22,35,37H,23-25H2,1-4H3/t35-,37+,41+,42?,43+/m1/s1. The smallest absolute Gasteiger partial charge is 0.220 e. The van der Waals surface area contributed by atoms with E-state index in [-0.39, 0.29) is 17.5 Å². The highest BCUT2D eigenvalue weighted by Gasteiger charge is 2.79. The number of piperidine rings is 1. The van der Waals surface area contributed by atoms with Crippen molar-refractivity contribution < 1.29 is 14.4 Å². The Bertz CT molecular complexity index is 2280. The largest absolute Gasteiger partial charge is 0.378 e. The molecule has 5 aromatic carbocycles. The van der Waals surface area contributed by atoms with Gasteiger partial charge < -0.3 is 9.74 Å². The van der Waals surface area contributed by atoms with Crippen molar-refractivity contribution in [3.63, 3.8) is 0 Å². The van der Waals surface area contributed by atoms with Crippen LogP contribution < -0.4 is 0 Å². The fourth-order valence-electron chi connectivity index (χ4n) is 10.3. The van der Waals surface area contributed by atoms with Crippen molar-refractivity contribution in [1.82, 2.24) is 9.80 Å². The number of halogens is 1. The molecule has 6 nitrogen and oxygen atoms in total. The van der Waals surface area contributed by atoms with E-state index < -0.39 is 22.5 Å². The van der Waals surface area contributed by atoms with E-state index in [1.54, 1.807) is 0 Å². The third kappa shape index (κ3) is 3.84. The van der Waals surface area contributed by atoms with Crippen molar-refractivity contribution >= 4 is 39.7 Å². The number of hydrogen-bond acceptors (Lipinski definition) is 6. The molecule has 0 aromatic heterocycles. The summed E-state index contributed by atoms with van der Waals surface area (Å²) in [6, 6.07) is 36.2. The number of oxime groups is 1. The lowest BCUT2D eigenvalue weighted by atomic mass is 9.51. The minimum absolute atomic E-state index is 0.0223. The summed E-state index contributed by atoms with van der Waals surface area (Å²) >= 11 is 6.35. The van der Waals surface area contributed by atoms with Gasteiger partial charge in [-0.2, -0.15) is 0 Å². The number of carbonyl (C=O) groups excluding carboxylic acids is 2. The summed E-state index contributed by atoms with van der Waals surface area (Å²) in [5.74, 6) is -0.937. The number of nitrogens with zero attached hydrogens (tertiary/aromatic N) is 3. The summed E-state index contributed by atoms with van der Waals surface area (Å²) in [7, 11) is 4.09. The molecular formula is C43H38ClN3O3. The van der Waals surface area contributed by atoms with Crippen LogP contribution in [-0.4, -0.2) is 66.4 Å². The molecule has 2 fully saturated rings. The molecule has 9 rings (SSSR count). The van der Waals surface area contributed by atoms with E-state index >= 15 is 9.59 Å². The molecule has 3 aliphatic heterocycles. The molecule has 50 heavy (non-hydrogen) atoms. The molecule has 0 amide bonds. The van der Waals surface area contributed by atoms with Gasteiger partial charge in [-0.05, 0) is 78.7 Å². The van der Waals surface area contributed by atoms with Crippen molar-refractivity contribution in [1.29, 1.82) is 0 Å². The number of benzene rings is 5. The molecule has 250 valence electrons. The van der Waals surface area contributed by atoms with Crippen LogP contribution in [0.1, 0.15) is 55.6 Å². The zero-order chi connectivity index (χ0) is 34.6. The number of aryl methyl sites for hydroxylation is 2. The summed E-state index contributed by atoms with van der Waals surface area (Å²) in [6.07, 6.45) is 0. The van der Waals surface area contributed by atoms with Gasteiger partial charge in [0.05, 0.1) is 17.0 Å². The third-order valence-electron chi connectivity index (χ3n) is 12.2. The molecule has 1 aliphatic carbocycles. The molecule has 0 bridgehead atoms. The summed E-state index contributed by atoms with van der Waals surface area (Å²) in [6.45, 7) is 5.41. The minimum Gasteiger partial charge on any atom is -0.378 e. The summed E-state index contributed by atoms with van der Waals surface area (Å²) in [5.41, 5.74) is 3.37. The number of ketones is 2. The Kier molecular flexibility index (Phi) is 6.86. The summed E-state index contributed by atoms with van der Waals surface area (Å²) in [4.78, 5) is 43.3. The van der Waals surface area contributed by atoms with Gasteiger partial charge in [-0.3, -0.25) is 14.5 Å². The van der Waals surface area contributed by atoms with Crippen LogP contribution in [0.3, 0.4) is 0 Å². The maximum atomic E-state index is 16.6. The molecule has 0 N–H and O–H groups in total. The van der Waals surface area contributed by atoms with Crippen molar-refractivity contribution in [2.75, 3.05) is 33.7 Å². The van der Waals surface area contributed by atoms with E-state index in [1.165, 1.54) is 0 Å². The van der Waals surface area contributed by atoms with Crippen LogP contribution in [0.4, 0.5) is 0 Å². The number of hydrogen-bond donors (Lipinski definition) is 0. The number of likely N-dealkylation sites (N-methyl/N-ethyl adjacent to an activating group) is 2. The fourth-order valence-corrected chi connectivity index (χ4v) is 10.4. The Morgan fingerprint density at radius 3 is 2.14 bits per heavy atom. The Balaban J connectivity index is 1.35. The Labute approximate surface area is 297 Å². The van der Waals surface area contributed by atoms with E-state index in [4.69, 9.17) is 21.6 Å². The molecule has 5 atom stereocenters. The zero-order valence-electron chi connectivity index (χ0n) is 28.6. The van der Waals surface area contributed by atoms with Crippen LogP contribution in [0.15, 0.2) is 114 Å². The lowest BCUT2D eigenvalue weighted by molar-refractivity contribution is -0.173. The lowest BCUT2D eigenvalue weighted by Crippen LogP contribution is -2.72. The van der Waals surface area contributed by atoms with Gasteiger partial charge in [-0.1, -0.05) is 114 Å². The first-order valence-electron chi connectivity index (χ1n) is 17.3. The predicted molar refractivity (Wildman–Crippen MR) is 197 cm³/mol. The van der Waals surface area contributed by atoms with Crippen LogP contribution in [0.2, 0.25) is 5.02 Å². The second-order valence-corrected chi connectivity index (χ2v) is 15.2. The van der Waals surface area contributed by atoms with E-state index in [0.29, 0.717) is 35.9 Å². The van der Waals surface area contributed by atoms with Crippen LogP contribution in [0.5, 0.6) is 0 Å². The minimum atomic E-state index is -1.42. The average molecular weight is 680 g/mol. The number of carbonyl (C=O) groups is 2. The number of fused-ring (bicyclic) bond motifs is 2. The van der Waals surface area contributed by atoms with Crippen LogP contribution in [0.25, 0.3) is 10.8 Å². The van der Waals surface area contributed by atoms with Crippen molar-refractivity contribution in [3.8, 4) is 0 Å².